The second kappa shape index (κ2) is 16.9. The highest BCUT2D eigenvalue weighted by Gasteiger charge is 2.24. The number of rotatable bonds is 8. The van der Waals surface area contributed by atoms with Gasteiger partial charge in [0.2, 0.25) is 0 Å². The molecule has 68 heavy (non-hydrogen) atoms. The van der Waals surface area contributed by atoms with Crippen molar-refractivity contribution in [3.63, 3.8) is 0 Å². The summed E-state index contributed by atoms with van der Waals surface area (Å²) in [7, 11) is 0. The number of fused-ring (bicyclic) bond motifs is 7. The van der Waals surface area contributed by atoms with Gasteiger partial charge in [0.15, 0.2) is 0 Å². The zero-order valence-corrected chi connectivity index (χ0v) is 38.0. The zero-order valence-electron chi connectivity index (χ0n) is 38.0. The van der Waals surface area contributed by atoms with Crippen LogP contribution in [0.15, 0.2) is 237 Å². The number of hydrogen-bond donors (Lipinski definition) is 0. The first-order valence-electron chi connectivity index (χ1n) is 24.4. The second-order valence-electron chi connectivity index (χ2n) is 18.6. The summed E-state index contributed by atoms with van der Waals surface area (Å²) in [6.07, 6.45) is 6.45. The molecule has 1 aliphatic rings. The van der Waals surface area contributed by atoms with Crippen LogP contribution in [0, 0.1) is 0 Å². The van der Waals surface area contributed by atoms with Crippen LogP contribution in [0.4, 0.5) is 17.1 Å². The van der Waals surface area contributed by atoms with Gasteiger partial charge >= 0.3 is 0 Å². The van der Waals surface area contributed by atoms with E-state index in [1.54, 1.807) is 0 Å². The van der Waals surface area contributed by atoms with Crippen LogP contribution in [0.2, 0.25) is 0 Å². The van der Waals surface area contributed by atoms with Crippen molar-refractivity contribution in [3.05, 3.63) is 242 Å². The van der Waals surface area contributed by atoms with Gasteiger partial charge in [0.1, 0.15) is 0 Å². The van der Waals surface area contributed by atoms with Crippen LogP contribution >= 0.6 is 0 Å². The Labute approximate surface area is 398 Å². The van der Waals surface area contributed by atoms with Gasteiger partial charge in [-0.1, -0.05) is 207 Å². The van der Waals surface area contributed by atoms with Gasteiger partial charge in [0.05, 0.1) is 16.7 Å². The average molecular weight is 871 g/mol. The quantitative estimate of drug-likeness (QED) is 0.138. The molecule has 1 saturated carbocycles. The number of aromatic nitrogens is 1. The normalized spacial score (nSPS) is 13.2. The van der Waals surface area contributed by atoms with Crippen molar-refractivity contribution in [2.24, 2.45) is 0 Å². The van der Waals surface area contributed by atoms with E-state index >= 15 is 0 Å². The SMILES string of the molecule is c1ccc(-n2c3ccccc3c3cccc(-c4ccc(N(c5cccc(-c6cccc7c6ccc6ccccc67)c5)c5ccccc5-c5cccc6cccc(C7CCCCC7)c56)cc4)c32)cc1. The molecule has 1 fully saturated rings. The fourth-order valence-corrected chi connectivity index (χ4v) is 11.7. The molecule has 0 aliphatic heterocycles. The minimum absolute atomic E-state index is 0.573. The molecule has 0 amide bonds. The van der Waals surface area contributed by atoms with E-state index < -0.39 is 0 Å². The van der Waals surface area contributed by atoms with E-state index in [1.165, 1.54) is 125 Å². The molecule has 0 atom stereocenters. The Bertz CT molecular complexity index is 3830. The van der Waals surface area contributed by atoms with Crippen molar-refractivity contribution >= 4 is 71.2 Å². The predicted octanol–water partition coefficient (Wildman–Crippen LogP) is 18.8. The van der Waals surface area contributed by atoms with Crippen LogP contribution in [0.25, 0.3) is 93.2 Å². The summed E-state index contributed by atoms with van der Waals surface area (Å²) in [5, 5.41) is 10.3. The van der Waals surface area contributed by atoms with Crippen LogP contribution in [-0.4, -0.2) is 4.57 Å². The molecule has 0 N–H and O–H groups in total. The molecule has 2 nitrogen and oxygen atoms in total. The Kier molecular flexibility index (Phi) is 9.97. The molecule has 324 valence electrons. The third-order valence-corrected chi connectivity index (χ3v) is 14.8. The van der Waals surface area contributed by atoms with Crippen molar-refractivity contribution in [1.29, 1.82) is 0 Å². The first-order valence-corrected chi connectivity index (χ1v) is 24.4. The topological polar surface area (TPSA) is 8.17 Å². The van der Waals surface area contributed by atoms with Gasteiger partial charge in [-0.2, -0.15) is 0 Å². The number of hydrogen-bond acceptors (Lipinski definition) is 1. The van der Waals surface area contributed by atoms with Gasteiger partial charge in [-0.15, -0.1) is 0 Å². The largest absolute Gasteiger partial charge is 0.310 e. The summed E-state index contributed by atoms with van der Waals surface area (Å²) < 4.78 is 2.43. The molecule has 0 unspecified atom stereocenters. The van der Waals surface area contributed by atoms with Gasteiger partial charge < -0.3 is 9.47 Å². The summed E-state index contributed by atoms with van der Waals surface area (Å²) in [5.41, 5.74) is 15.8. The molecular formula is C66H50N2. The van der Waals surface area contributed by atoms with E-state index in [0.29, 0.717) is 5.92 Å². The molecule has 0 saturated heterocycles. The van der Waals surface area contributed by atoms with Gasteiger partial charge in [0, 0.05) is 39.0 Å². The second-order valence-corrected chi connectivity index (χ2v) is 18.6. The Morgan fingerprint density at radius 1 is 0.368 bits per heavy atom. The monoisotopic (exact) mass is 870 g/mol. The lowest BCUT2D eigenvalue weighted by Gasteiger charge is -2.29. The van der Waals surface area contributed by atoms with Gasteiger partial charge in [-0.25, -0.2) is 0 Å². The third kappa shape index (κ3) is 6.78. The Morgan fingerprint density at radius 3 is 1.88 bits per heavy atom. The lowest BCUT2D eigenvalue weighted by atomic mass is 9.80. The molecule has 13 rings (SSSR count). The van der Waals surface area contributed by atoms with Gasteiger partial charge in [-0.05, 0) is 127 Å². The van der Waals surface area contributed by atoms with Crippen LogP contribution < -0.4 is 4.90 Å². The third-order valence-electron chi connectivity index (χ3n) is 14.8. The first kappa shape index (κ1) is 40.1. The van der Waals surface area contributed by atoms with Crippen molar-refractivity contribution in [1.82, 2.24) is 4.57 Å². The van der Waals surface area contributed by atoms with Crippen molar-refractivity contribution in [2.75, 3.05) is 4.90 Å². The van der Waals surface area contributed by atoms with E-state index in [9.17, 15) is 0 Å². The number of nitrogens with zero attached hydrogens (tertiary/aromatic N) is 2. The summed E-state index contributed by atoms with van der Waals surface area (Å²) in [5.74, 6) is 0.573. The molecule has 12 aromatic rings. The van der Waals surface area contributed by atoms with Crippen LogP contribution in [0.5, 0.6) is 0 Å². The van der Waals surface area contributed by atoms with Crippen LogP contribution in [-0.2, 0) is 0 Å². The maximum absolute atomic E-state index is 2.49. The van der Waals surface area contributed by atoms with Crippen molar-refractivity contribution in [3.8, 4) is 39.1 Å². The lowest BCUT2D eigenvalue weighted by molar-refractivity contribution is 0.445. The number of benzene rings is 11. The van der Waals surface area contributed by atoms with Gasteiger partial charge in [-0.3, -0.25) is 0 Å². The van der Waals surface area contributed by atoms with Crippen molar-refractivity contribution in [2.45, 2.75) is 38.0 Å². The number of anilines is 3. The Hall–Kier alpha value is -8.20. The smallest absolute Gasteiger partial charge is 0.0619 e. The summed E-state index contributed by atoms with van der Waals surface area (Å²) in [6.45, 7) is 0. The molecular weight excluding hydrogens is 821 g/mol. The zero-order chi connectivity index (χ0) is 45.0. The molecule has 2 heteroatoms. The van der Waals surface area contributed by atoms with E-state index in [1.807, 2.05) is 0 Å². The standard InChI is InChI=1S/C66H50N2/c1-3-18-45(19-4-1)55-31-14-21-48-22-15-34-61(65(48)55)59-28-9-11-36-63(59)67(52-26-13-23-49(44-52)54-30-16-33-57-53-27-8-7-20-46(53)40-43-58(54)57)51-41-38-47(39-42-51)56-32-17-35-62-60-29-10-12-37-64(60)68(66(56)62)50-24-5-2-6-25-50/h2,5-17,20-45H,1,3-4,18-19H2. The highest BCUT2D eigenvalue weighted by molar-refractivity contribution is 6.14. The van der Waals surface area contributed by atoms with Gasteiger partial charge in [0.25, 0.3) is 0 Å². The predicted molar refractivity (Wildman–Crippen MR) is 290 cm³/mol. The fourth-order valence-electron chi connectivity index (χ4n) is 11.7. The summed E-state index contributed by atoms with van der Waals surface area (Å²) >= 11 is 0. The summed E-state index contributed by atoms with van der Waals surface area (Å²) in [4.78, 5) is 2.49. The maximum Gasteiger partial charge on any atom is 0.0619 e. The fraction of sp³-hybridized carbons (Fsp3) is 0.0909. The molecule has 1 aromatic heterocycles. The maximum atomic E-state index is 2.49. The van der Waals surface area contributed by atoms with E-state index in [4.69, 9.17) is 0 Å². The minimum atomic E-state index is 0.573. The van der Waals surface area contributed by atoms with Crippen LogP contribution in [0.1, 0.15) is 43.6 Å². The molecule has 11 aromatic carbocycles. The van der Waals surface area contributed by atoms with E-state index in [2.05, 4.69) is 246 Å². The molecule has 1 heterocycles. The van der Waals surface area contributed by atoms with E-state index in [0.717, 1.165) is 22.7 Å². The Balaban J connectivity index is 1.01. The molecule has 0 bridgehead atoms. The lowest BCUT2D eigenvalue weighted by Crippen LogP contribution is -2.11. The Morgan fingerprint density at radius 2 is 1.01 bits per heavy atom. The summed E-state index contributed by atoms with van der Waals surface area (Å²) in [6, 6.07) is 87.8. The highest BCUT2D eigenvalue weighted by atomic mass is 15.1. The van der Waals surface area contributed by atoms with Crippen LogP contribution in [0.3, 0.4) is 0 Å². The molecule has 0 spiro atoms. The minimum Gasteiger partial charge on any atom is -0.310 e. The highest BCUT2D eigenvalue weighted by Crippen LogP contribution is 2.47. The van der Waals surface area contributed by atoms with E-state index in [-0.39, 0.29) is 0 Å². The number of para-hydroxylation sites is 4. The molecule has 1 aliphatic carbocycles. The average Bonchev–Trinajstić information content (AvgIpc) is 3.76. The first-order chi connectivity index (χ1) is 33.8. The molecule has 0 radical (unpaired) electrons. The van der Waals surface area contributed by atoms with Crippen molar-refractivity contribution < 1.29 is 0 Å².